The Balaban J connectivity index is 1.76. The van der Waals surface area contributed by atoms with Crippen LogP contribution < -0.4 is 10.1 Å². The number of rotatable bonds is 9. The summed E-state index contributed by atoms with van der Waals surface area (Å²) in [6.45, 7) is 5.44. The third kappa shape index (κ3) is 7.49. The molecule has 0 radical (unpaired) electrons. The molecule has 0 atom stereocenters. The SMILES string of the molecule is Cc1cc(CN(CC(=O)Nc2ccc(F)cc2F)C2CCCCCC2)ccc1OC(C)(C)C(=O)O. The monoisotopic (exact) mass is 488 g/mol. The van der Waals surface area contributed by atoms with Gasteiger partial charge in [-0.25, -0.2) is 13.6 Å². The molecule has 1 fully saturated rings. The average molecular weight is 489 g/mol. The van der Waals surface area contributed by atoms with Crippen LogP contribution in [0.4, 0.5) is 14.5 Å². The highest BCUT2D eigenvalue weighted by Crippen LogP contribution is 2.27. The van der Waals surface area contributed by atoms with E-state index >= 15 is 0 Å². The van der Waals surface area contributed by atoms with E-state index in [0.29, 0.717) is 12.3 Å². The fourth-order valence-corrected chi connectivity index (χ4v) is 4.38. The number of aliphatic carboxylic acids is 1. The van der Waals surface area contributed by atoms with Crippen LogP contribution >= 0.6 is 0 Å². The first kappa shape index (κ1) is 26.6. The van der Waals surface area contributed by atoms with Crippen molar-refractivity contribution < 1.29 is 28.2 Å². The van der Waals surface area contributed by atoms with Crippen LogP contribution in [0.5, 0.6) is 5.75 Å². The summed E-state index contributed by atoms with van der Waals surface area (Å²) in [6, 6.07) is 8.86. The third-order valence-electron chi connectivity index (χ3n) is 6.40. The fraction of sp³-hybridized carbons (Fsp3) is 0.481. The van der Waals surface area contributed by atoms with Gasteiger partial charge in [-0.05, 0) is 62.9 Å². The van der Waals surface area contributed by atoms with Gasteiger partial charge in [0, 0.05) is 18.7 Å². The van der Waals surface area contributed by atoms with Gasteiger partial charge in [0.2, 0.25) is 5.91 Å². The molecule has 35 heavy (non-hydrogen) atoms. The lowest BCUT2D eigenvalue weighted by Gasteiger charge is -2.31. The molecule has 0 bridgehead atoms. The van der Waals surface area contributed by atoms with Crippen molar-refractivity contribution in [3.05, 3.63) is 59.2 Å². The van der Waals surface area contributed by atoms with Crippen molar-refractivity contribution in [3.8, 4) is 5.75 Å². The van der Waals surface area contributed by atoms with Crippen molar-refractivity contribution in [3.63, 3.8) is 0 Å². The minimum atomic E-state index is -1.35. The highest BCUT2D eigenvalue weighted by molar-refractivity contribution is 5.92. The number of anilines is 1. The Morgan fingerprint density at radius 2 is 1.77 bits per heavy atom. The summed E-state index contributed by atoms with van der Waals surface area (Å²) in [5.41, 5.74) is 0.367. The first-order valence-electron chi connectivity index (χ1n) is 12.1. The second-order valence-electron chi connectivity index (χ2n) is 9.74. The molecule has 0 saturated heterocycles. The molecular weight excluding hydrogens is 454 g/mol. The van der Waals surface area contributed by atoms with Crippen LogP contribution in [0.3, 0.4) is 0 Å². The van der Waals surface area contributed by atoms with Crippen LogP contribution in [0.2, 0.25) is 0 Å². The van der Waals surface area contributed by atoms with Crippen LogP contribution in [0.15, 0.2) is 36.4 Å². The maximum Gasteiger partial charge on any atom is 0.347 e. The Morgan fingerprint density at radius 1 is 1.09 bits per heavy atom. The summed E-state index contributed by atoms with van der Waals surface area (Å²) in [6.07, 6.45) is 6.47. The van der Waals surface area contributed by atoms with Crippen molar-refractivity contribution in [2.45, 2.75) is 77.5 Å². The van der Waals surface area contributed by atoms with Crippen LogP contribution in [-0.2, 0) is 16.1 Å². The highest BCUT2D eigenvalue weighted by Gasteiger charge is 2.30. The second kappa shape index (κ2) is 11.6. The lowest BCUT2D eigenvalue weighted by molar-refractivity contribution is -0.152. The molecule has 190 valence electrons. The van der Waals surface area contributed by atoms with Gasteiger partial charge >= 0.3 is 5.97 Å². The molecule has 8 heteroatoms. The zero-order valence-electron chi connectivity index (χ0n) is 20.6. The van der Waals surface area contributed by atoms with E-state index in [1.165, 1.54) is 32.8 Å². The standard InChI is InChI=1S/C27H34F2N2O4/c1-18-14-19(10-13-24(18)35-27(2,3)26(33)34)16-31(21-8-6-4-5-7-9-21)17-25(32)30-23-12-11-20(28)15-22(23)29/h10-15,21H,4-9,16-17H2,1-3H3,(H,30,32)(H,33,34). The number of nitrogens with one attached hydrogen (secondary N) is 1. The minimum Gasteiger partial charge on any atom is -0.478 e. The number of carbonyl (C=O) groups excluding carboxylic acids is 1. The number of benzene rings is 2. The predicted molar refractivity (Wildman–Crippen MR) is 130 cm³/mol. The zero-order chi connectivity index (χ0) is 25.6. The average Bonchev–Trinajstić information content (AvgIpc) is 3.06. The van der Waals surface area contributed by atoms with Crippen molar-refractivity contribution in [2.75, 3.05) is 11.9 Å². The zero-order valence-corrected chi connectivity index (χ0v) is 20.6. The van der Waals surface area contributed by atoms with Crippen LogP contribution in [0.1, 0.15) is 63.5 Å². The molecule has 1 aliphatic rings. The summed E-state index contributed by atoms with van der Waals surface area (Å²) in [4.78, 5) is 26.4. The Labute approximate surface area is 205 Å². The summed E-state index contributed by atoms with van der Waals surface area (Å²) in [5, 5.41) is 11.9. The second-order valence-corrected chi connectivity index (χ2v) is 9.74. The number of carboxylic acids is 1. The normalized spacial score (nSPS) is 15.0. The molecule has 0 aromatic heterocycles. The molecular formula is C27H34F2N2O4. The lowest BCUT2D eigenvalue weighted by atomic mass is 10.0. The number of nitrogens with zero attached hydrogens (tertiary/aromatic N) is 1. The third-order valence-corrected chi connectivity index (χ3v) is 6.40. The number of aryl methyl sites for hydroxylation is 1. The molecule has 0 spiro atoms. The number of hydrogen-bond acceptors (Lipinski definition) is 4. The van der Waals surface area contributed by atoms with Crippen molar-refractivity contribution in [2.24, 2.45) is 0 Å². The van der Waals surface area contributed by atoms with Gasteiger partial charge < -0.3 is 15.2 Å². The molecule has 2 aromatic carbocycles. The van der Waals surface area contributed by atoms with Crippen molar-refractivity contribution in [1.82, 2.24) is 4.90 Å². The van der Waals surface area contributed by atoms with E-state index in [4.69, 9.17) is 4.74 Å². The highest BCUT2D eigenvalue weighted by atomic mass is 19.1. The molecule has 0 unspecified atom stereocenters. The first-order chi connectivity index (χ1) is 16.5. The van der Waals surface area contributed by atoms with Gasteiger partial charge in [0.05, 0.1) is 12.2 Å². The summed E-state index contributed by atoms with van der Waals surface area (Å²) < 4.78 is 32.9. The van der Waals surface area contributed by atoms with E-state index in [0.717, 1.165) is 48.9 Å². The molecule has 2 aromatic rings. The van der Waals surface area contributed by atoms with Crippen molar-refractivity contribution >= 4 is 17.6 Å². The molecule has 3 rings (SSSR count). The first-order valence-corrected chi connectivity index (χ1v) is 12.1. The molecule has 1 amide bonds. The lowest BCUT2D eigenvalue weighted by Crippen LogP contribution is -2.40. The van der Waals surface area contributed by atoms with Gasteiger partial charge in [0.15, 0.2) is 5.60 Å². The van der Waals surface area contributed by atoms with Gasteiger partial charge in [-0.3, -0.25) is 9.69 Å². The predicted octanol–water partition coefficient (Wildman–Crippen LogP) is 5.68. The van der Waals surface area contributed by atoms with Crippen molar-refractivity contribution in [1.29, 1.82) is 0 Å². The molecule has 1 saturated carbocycles. The Morgan fingerprint density at radius 3 is 2.37 bits per heavy atom. The van der Waals surface area contributed by atoms with Gasteiger partial charge in [-0.15, -0.1) is 0 Å². The molecule has 0 heterocycles. The summed E-state index contributed by atoms with van der Waals surface area (Å²) in [5.74, 6) is -2.43. The van der Waals surface area contributed by atoms with E-state index < -0.39 is 23.2 Å². The number of amides is 1. The number of halogens is 2. The molecule has 6 nitrogen and oxygen atoms in total. The van der Waals surface area contributed by atoms with Gasteiger partial charge in [-0.2, -0.15) is 0 Å². The Kier molecular flexibility index (Phi) is 8.83. The summed E-state index contributed by atoms with van der Waals surface area (Å²) >= 11 is 0. The Bertz CT molecular complexity index is 1050. The number of carbonyl (C=O) groups is 2. The van der Waals surface area contributed by atoms with Crippen LogP contribution in [0, 0.1) is 18.6 Å². The van der Waals surface area contributed by atoms with E-state index in [9.17, 15) is 23.5 Å². The van der Waals surface area contributed by atoms with Crippen LogP contribution in [-0.4, -0.2) is 40.1 Å². The minimum absolute atomic E-state index is 0.0457. The Hall–Kier alpha value is -3.00. The van der Waals surface area contributed by atoms with Gasteiger partial charge in [0.1, 0.15) is 17.4 Å². The maximum atomic E-state index is 14.0. The number of carboxylic acid groups (broad SMARTS) is 1. The molecule has 1 aliphatic carbocycles. The van der Waals surface area contributed by atoms with Gasteiger partial charge in [-0.1, -0.05) is 37.8 Å². The van der Waals surface area contributed by atoms with E-state index in [1.807, 2.05) is 19.1 Å². The molecule has 2 N–H and O–H groups in total. The quantitative estimate of drug-likeness (QED) is 0.444. The van der Waals surface area contributed by atoms with E-state index in [1.54, 1.807) is 6.07 Å². The largest absolute Gasteiger partial charge is 0.478 e. The molecule has 0 aliphatic heterocycles. The smallest absolute Gasteiger partial charge is 0.347 e. The van der Waals surface area contributed by atoms with Crippen LogP contribution in [0.25, 0.3) is 0 Å². The van der Waals surface area contributed by atoms with Gasteiger partial charge in [0.25, 0.3) is 0 Å². The maximum absolute atomic E-state index is 14.0. The fourth-order valence-electron chi connectivity index (χ4n) is 4.38. The van der Waals surface area contributed by atoms with E-state index in [-0.39, 0.29) is 24.2 Å². The number of ether oxygens (including phenoxy) is 1. The summed E-state index contributed by atoms with van der Waals surface area (Å²) in [7, 11) is 0. The topological polar surface area (TPSA) is 78.9 Å². The number of hydrogen-bond donors (Lipinski definition) is 2. The van der Waals surface area contributed by atoms with E-state index in [2.05, 4.69) is 10.2 Å².